The Labute approximate surface area is 126 Å². The fourth-order valence-corrected chi connectivity index (χ4v) is 2.82. The molecule has 2 rings (SSSR count). The quantitative estimate of drug-likeness (QED) is 0.879. The highest BCUT2D eigenvalue weighted by molar-refractivity contribution is 7.91. The van der Waals surface area contributed by atoms with Crippen LogP contribution in [0.25, 0.3) is 11.5 Å². The predicted molar refractivity (Wildman–Crippen MR) is 76.3 cm³/mol. The minimum absolute atomic E-state index is 0.00357. The molecular weight excluding hydrogens is 318 g/mol. The zero-order valence-electron chi connectivity index (χ0n) is 11.0. The van der Waals surface area contributed by atoms with Crippen molar-refractivity contribution in [3.63, 3.8) is 0 Å². The van der Waals surface area contributed by atoms with Gasteiger partial charge >= 0.3 is 0 Å². The highest BCUT2D eigenvalue weighted by atomic mass is 35.5. The van der Waals surface area contributed by atoms with Gasteiger partial charge in [0, 0.05) is 17.6 Å². The first kappa shape index (κ1) is 15.5. The topological polar surface area (TPSA) is 102 Å². The fraction of sp³-hybridized carbons (Fsp3) is 0.250. The van der Waals surface area contributed by atoms with Gasteiger partial charge in [0.1, 0.15) is 11.5 Å². The molecule has 2 aromatic rings. The molecule has 1 heterocycles. The maximum Gasteiger partial charge on any atom is 0.257 e. The van der Waals surface area contributed by atoms with Crippen LogP contribution in [-0.2, 0) is 20.4 Å². The van der Waals surface area contributed by atoms with E-state index in [1.165, 1.54) is 7.05 Å². The number of hydrogen-bond acceptors (Lipinski definition) is 6. The lowest BCUT2D eigenvalue weighted by molar-refractivity contribution is -0.118. The Morgan fingerprint density at radius 2 is 2.00 bits per heavy atom. The first-order chi connectivity index (χ1) is 9.89. The molecule has 0 radical (unpaired) electrons. The Hall–Kier alpha value is -1.93. The number of hydrogen-bond donors (Lipinski definition) is 1. The monoisotopic (exact) mass is 329 g/mol. The SMILES string of the molecule is CNC(=O)CS(=O)(=O)Cc1noc(-c2ccc(Cl)cc2)n1. The number of nitrogens with one attached hydrogen (secondary N) is 1. The molecule has 0 saturated carbocycles. The van der Waals surface area contributed by atoms with Crippen LogP contribution in [0.2, 0.25) is 5.02 Å². The molecular formula is C12H12ClN3O4S. The van der Waals surface area contributed by atoms with Crippen molar-refractivity contribution >= 4 is 27.3 Å². The summed E-state index contributed by atoms with van der Waals surface area (Å²) in [5, 5.41) is 6.41. The van der Waals surface area contributed by atoms with E-state index in [2.05, 4.69) is 15.5 Å². The van der Waals surface area contributed by atoms with E-state index in [0.717, 1.165) is 0 Å². The lowest BCUT2D eigenvalue weighted by Gasteiger charge is -1.99. The number of benzene rings is 1. The number of halogens is 1. The normalized spacial score (nSPS) is 11.3. The second-order valence-corrected chi connectivity index (χ2v) is 6.73. The molecule has 9 heteroatoms. The highest BCUT2D eigenvalue weighted by Gasteiger charge is 2.20. The lowest BCUT2D eigenvalue weighted by Crippen LogP contribution is -2.27. The number of nitrogens with zero attached hydrogens (tertiary/aromatic N) is 2. The Balaban J connectivity index is 2.13. The van der Waals surface area contributed by atoms with Crippen LogP contribution in [0.15, 0.2) is 28.8 Å². The number of aromatic nitrogens is 2. The molecule has 0 aliphatic rings. The fourth-order valence-electron chi connectivity index (χ4n) is 1.54. The zero-order valence-corrected chi connectivity index (χ0v) is 12.6. The van der Waals surface area contributed by atoms with Crippen molar-refractivity contribution in [2.24, 2.45) is 0 Å². The molecule has 0 aliphatic carbocycles. The summed E-state index contributed by atoms with van der Waals surface area (Å²) in [6.45, 7) is 0. The largest absolute Gasteiger partial charge is 0.358 e. The van der Waals surface area contributed by atoms with Crippen LogP contribution in [0, 0.1) is 0 Å². The van der Waals surface area contributed by atoms with Gasteiger partial charge in [0.2, 0.25) is 5.91 Å². The van der Waals surface area contributed by atoms with E-state index >= 15 is 0 Å². The molecule has 0 atom stereocenters. The second kappa shape index (κ2) is 6.23. The molecule has 1 aromatic carbocycles. The van der Waals surface area contributed by atoms with E-state index < -0.39 is 27.3 Å². The van der Waals surface area contributed by atoms with E-state index in [-0.39, 0.29) is 11.7 Å². The summed E-state index contributed by atoms with van der Waals surface area (Å²) in [5.74, 6) is -1.47. The van der Waals surface area contributed by atoms with Crippen molar-refractivity contribution in [2.75, 3.05) is 12.8 Å². The number of sulfone groups is 1. The summed E-state index contributed by atoms with van der Waals surface area (Å²) in [5.41, 5.74) is 0.627. The minimum Gasteiger partial charge on any atom is -0.358 e. The van der Waals surface area contributed by atoms with Gasteiger partial charge < -0.3 is 9.84 Å². The second-order valence-electron chi connectivity index (χ2n) is 4.23. The van der Waals surface area contributed by atoms with Gasteiger partial charge in [0.15, 0.2) is 15.7 Å². The van der Waals surface area contributed by atoms with E-state index in [0.29, 0.717) is 10.6 Å². The molecule has 1 aromatic heterocycles. The van der Waals surface area contributed by atoms with Crippen LogP contribution in [0.4, 0.5) is 0 Å². The molecule has 21 heavy (non-hydrogen) atoms. The molecule has 0 spiro atoms. The van der Waals surface area contributed by atoms with Gasteiger partial charge in [0.05, 0.1) is 0 Å². The molecule has 0 bridgehead atoms. The van der Waals surface area contributed by atoms with Gasteiger partial charge in [-0.15, -0.1) is 0 Å². The van der Waals surface area contributed by atoms with Gasteiger partial charge in [-0.3, -0.25) is 4.79 Å². The molecule has 1 N–H and O–H groups in total. The van der Waals surface area contributed by atoms with Gasteiger partial charge in [-0.25, -0.2) is 8.42 Å². The molecule has 0 aliphatic heterocycles. The summed E-state index contributed by atoms with van der Waals surface area (Å²) in [4.78, 5) is 15.1. The predicted octanol–water partition coefficient (Wildman–Crippen LogP) is 1.05. The van der Waals surface area contributed by atoms with E-state index in [1.807, 2.05) is 0 Å². The van der Waals surface area contributed by atoms with Crippen LogP contribution in [0.5, 0.6) is 0 Å². The van der Waals surface area contributed by atoms with Gasteiger partial charge in [-0.2, -0.15) is 4.98 Å². The smallest absolute Gasteiger partial charge is 0.257 e. The van der Waals surface area contributed by atoms with Gasteiger partial charge in [-0.1, -0.05) is 16.8 Å². The zero-order chi connectivity index (χ0) is 15.5. The van der Waals surface area contributed by atoms with E-state index in [4.69, 9.17) is 16.1 Å². The standard InChI is InChI=1S/C12H12ClN3O4S/c1-14-11(17)7-21(18,19)6-10-15-12(20-16-10)8-2-4-9(13)5-3-8/h2-5H,6-7H2,1H3,(H,14,17). The molecule has 112 valence electrons. The molecule has 0 fully saturated rings. The van der Waals surface area contributed by atoms with Crippen LogP contribution in [0.1, 0.15) is 5.82 Å². The maximum absolute atomic E-state index is 11.8. The molecule has 0 unspecified atom stereocenters. The summed E-state index contributed by atoms with van der Waals surface area (Å²) < 4.78 is 28.5. The van der Waals surface area contributed by atoms with Gasteiger partial charge in [0.25, 0.3) is 5.89 Å². The van der Waals surface area contributed by atoms with Crippen LogP contribution >= 0.6 is 11.6 Å². The van der Waals surface area contributed by atoms with Crippen molar-refractivity contribution in [3.05, 3.63) is 35.1 Å². The van der Waals surface area contributed by atoms with Crippen LogP contribution in [-0.4, -0.2) is 37.3 Å². The van der Waals surface area contributed by atoms with Crippen molar-refractivity contribution < 1.29 is 17.7 Å². The lowest BCUT2D eigenvalue weighted by atomic mass is 10.2. The Kier molecular flexibility index (Phi) is 4.59. The summed E-state index contributed by atoms with van der Waals surface area (Å²) in [6.07, 6.45) is 0. The average molecular weight is 330 g/mol. The van der Waals surface area contributed by atoms with Crippen LogP contribution < -0.4 is 5.32 Å². The summed E-state index contributed by atoms with van der Waals surface area (Å²) >= 11 is 5.77. The van der Waals surface area contributed by atoms with Crippen molar-refractivity contribution in [1.82, 2.24) is 15.5 Å². The van der Waals surface area contributed by atoms with Crippen molar-refractivity contribution in [2.45, 2.75) is 5.75 Å². The molecule has 0 saturated heterocycles. The van der Waals surface area contributed by atoms with E-state index in [1.54, 1.807) is 24.3 Å². The highest BCUT2D eigenvalue weighted by Crippen LogP contribution is 2.20. The Bertz CT molecular complexity index is 740. The number of carbonyl (C=O) groups excluding carboxylic acids is 1. The number of carbonyl (C=O) groups is 1. The molecule has 7 nitrogen and oxygen atoms in total. The third kappa shape index (κ3) is 4.27. The first-order valence-corrected chi connectivity index (χ1v) is 8.09. The third-order valence-electron chi connectivity index (χ3n) is 2.54. The van der Waals surface area contributed by atoms with Crippen molar-refractivity contribution in [1.29, 1.82) is 0 Å². The average Bonchev–Trinajstić information content (AvgIpc) is 2.86. The first-order valence-electron chi connectivity index (χ1n) is 5.89. The van der Waals surface area contributed by atoms with E-state index in [9.17, 15) is 13.2 Å². The Morgan fingerprint density at radius 3 is 2.62 bits per heavy atom. The number of amides is 1. The van der Waals surface area contributed by atoms with Gasteiger partial charge in [-0.05, 0) is 24.3 Å². The van der Waals surface area contributed by atoms with Crippen LogP contribution in [0.3, 0.4) is 0 Å². The number of rotatable bonds is 5. The minimum atomic E-state index is -3.64. The third-order valence-corrected chi connectivity index (χ3v) is 4.19. The Morgan fingerprint density at radius 1 is 1.33 bits per heavy atom. The summed E-state index contributed by atoms with van der Waals surface area (Å²) in [6, 6.07) is 6.67. The molecule has 1 amide bonds. The summed E-state index contributed by atoms with van der Waals surface area (Å²) in [7, 11) is -2.27. The van der Waals surface area contributed by atoms with Crippen molar-refractivity contribution in [3.8, 4) is 11.5 Å². The maximum atomic E-state index is 11.8.